The van der Waals surface area contributed by atoms with Crippen LogP contribution in [0, 0.1) is 5.82 Å². The highest BCUT2D eigenvalue weighted by Crippen LogP contribution is 2.33. The first-order valence-electron chi connectivity index (χ1n) is 10.2. The van der Waals surface area contributed by atoms with Crippen molar-refractivity contribution in [3.8, 4) is 0 Å². The molecule has 1 saturated carbocycles. The smallest absolute Gasteiger partial charge is 0.244 e. The van der Waals surface area contributed by atoms with Crippen molar-refractivity contribution in [2.75, 3.05) is 22.9 Å². The number of thiazole rings is 1. The van der Waals surface area contributed by atoms with Gasteiger partial charge >= 0.3 is 0 Å². The lowest BCUT2D eigenvalue weighted by molar-refractivity contribution is -0.121. The number of carbonyl (C=O) groups excluding carboxylic acids is 1. The van der Waals surface area contributed by atoms with Crippen molar-refractivity contribution in [3.05, 3.63) is 41.2 Å². The second-order valence-electron chi connectivity index (χ2n) is 7.54. The molecule has 1 aromatic carbocycles. The maximum Gasteiger partial charge on any atom is 0.244 e. The van der Waals surface area contributed by atoms with Gasteiger partial charge in [0, 0.05) is 23.7 Å². The predicted octanol–water partition coefficient (Wildman–Crippen LogP) is 3.95. The first kappa shape index (κ1) is 19.3. The van der Waals surface area contributed by atoms with E-state index in [1.165, 1.54) is 25.0 Å². The minimum absolute atomic E-state index is 0.0374. The fourth-order valence-electron chi connectivity index (χ4n) is 3.77. The number of hydrogen-bond donors (Lipinski definition) is 1. The van der Waals surface area contributed by atoms with Crippen LogP contribution >= 0.6 is 11.3 Å². The third-order valence-corrected chi connectivity index (χ3v) is 6.37. The summed E-state index contributed by atoms with van der Waals surface area (Å²) in [5, 5.41) is 6.40. The first-order chi connectivity index (χ1) is 13.7. The van der Waals surface area contributed by atoms with E-state index >= 15 is 0 Å². The highest BCUT2D eigenvalue weighted by Gasteiger charge is 2.31. The zero-order valence-corrected chi connectivity index (χ0v) is 17.1. The number of amides is 1. The van der Waals surface area contributed by atoms with E-state index in [4.69, 9.17) is 4.98 Å². The number of nitrogens with zero attached hydrogens (tertiary/aromatic N) is 3. The number of rotatable bonds is 7. The fourth-order valence-corrected chi connectivity index (χ4v) is 4.72. The van der Waals surface area contributed by atoms with Crippen LogP contribution in [0.1, 0.15) is 44.7 Å². The molecule has 0 unspecified atom stereocenters. The third-order valence-electron chi connectivity index (χ3n) is 5.45. The minimum Gasteiger partial charge on any atom is -0.345 e. The maximum absolute atomic E-state index is 13.4. The van der Waals surface area contributed by atoms with E-state index in [0.717, 1.165) is 43.2 Å². The molecule has 150 valence electrons. The van der Waals surface area contributed by atoms with Gasteiger partial charge in [0.15, 0.2) is 5.13 Å². The summed E-state index contributed by atoms with van der Waals surface area (Å²) in [5.41, 5.74) is 1.59. The van der Waals surface area contributed by atoms with E-state index in [9.17, 15) is 9.18 Å². The topological polar surface area (TPSA) is 48.5 Å². The van der Waals surface area contributed by atoms with Crippen LogP contribution in [0.5, 0.6) is 0 Å². The zero-order chi connectivity index (χ0) is 19.5. The molecule has 2 aromatic rings. The monoisotopic (exact) mass is 402 g/mol. The minimum atomic E-state index is -0.300. The molecule has 4 rings (SSSR count). The summed E-state index contributed by atoms with van der Waals surface area (Å²) >= 11 is 1.64. The number of benzene rings is 1. The number of anilines is 2. The molecular weight excluding hydrogens is 375 g/mol. The van der Waals surface area contributed by atoms with Crippen molar-refractivity contribution in [3.63, 3.8) is 0 Å². The van der Waals surface area contributed by atoms with E-state index in [-0.39, 0.29) is 17.8 Å². The molecule has 7 heteroatoms. The van der Waals surface area contributed by atoms with Crippen molar-refractivity contribution >= 4 is 28.1 Å². The summed E-state index contributed by atoms with van der Waals surface area (Å²) in [5.74, 6) is -0.263. The largest absolute Gasteiger partial charge is 0.345 e. The van der Waals surface area contributed by atoms with Gasteiger partial charge in [-0.25, -0.2) is 9.37 Å². The number of halogens is 1. The van der Waals surface area contributed by atoms with E-state index in [2.05, 4.69) is 17.1 Å². The number of piperidine rings is 1. The maximum atomic E-state index is 13.4. The van der Waals surface area contributed by atoms with Gasteiger partial charge < -0.3 is 15.1 Å². The van der Waals surface area contributed by atoms with Crippen molar-refractivity contribution in [1.29, 1.82) is 0 Å². The molecule has 0 spiro atoms. The lowest BCUT2D eigenvalue weighted by Gasteiger charge is -2.30. The van der Waals surface area contributed by atoms with Crippen molar-refractivity contribution < 1.29 is 9.18 Å². The van der Waals surface area contributed by atoms with Crippen LogP contribution in [-0.4, -0.2) is 36.1 Å². The number of hydrogen-bond acceptors (Lipinski definition) is 5. The van der Waals surface area contributed by atoms with Crippen LogP contribution in [0.15, 0.2) is 29.6 Å². The molecule has 1 amide bonds. The molecule has 2 fully saturated rings. The standard InChI is InChI=1S/C21H27FN4OS/c1-2-25(17-10-11-17)21-24-16(14-28-21)13-26(18-8-6-15(22)7-9-18)20(27)19-5-3-4-12-23-19/h6-9,14,17,19,23H,2-5,10-13H2,1H3/t19-/m0/s1. The molecule has 5 nitrogen and oxygen atoms in total. The van der Waals surface area contributed by atoms with Crippen molar-refractivity contribution in [2.24, 2.45) is 0 Å². The van der Waals surface area contributed by atoms with E-state index in [1.54, 1.807) is 28.4 Å². The average molecular weight is 403 g/mol. The Morgan fingerprint density at radius 1 is 1.25 bits per heavy atom. The Kier molecular flexibility index (Phi) is 5.92. The Morgan fingerprint density at radius 2 is 2.04 bits per heavy atom. The molecule has 0 bridgehead atoms. The normalized spacial score (nSPS) is 19.4. The van der Waals surface area contributed by atoms with Crippen molar-refractivity contribution in [2.45, 2.75) is 57.7 Å². The molecule has 1 saturated heterocycles. The molecule has 1 aromatic heterocycles. The van der Waals surface area contributed by atoms with Crippen LogP contribution in [0.4, 0.5) is 15.2 Å². The van der Waals surface area contributed by atoms with Gasteiger partial charge in [-0.15, -0.1) is 11.3 Å². The Labute approximate surface area is 169 Å². The van der Waals surface area contributed by atoms with Gasteiger partial charge in [-0.05, 0) is 63.4 Å². The molecule has 2 aliphatic rings. The van der Waals surface area contributed by atoms with Gasteiger partial charge in [0.05, 0.1) is 18.3 Å². The Bertz CT molecular complexity index is 799. The molecule has 1 aliphatic heterocycles. The SMILES string of the molecule is CCN(c1nc(CN(C(=O)[C@@H]2CCCCN2)c2ccc(F)cc2)cs1)C1CC1. The second-order valence-corrected chi connectivity index (χ2v) is 8.38. The summed E-state index contributed by atoms with van der Waals surface area (Å²) in [6, 6.07) is 6.59. The van der Waals surface area contributed by atoms with Gasteiger partial charge in [0.1, 0.15) is 5.82 Å². The summed E-state index contributed by atoms with van der Waals surface area (Å²) in [6.45, 7) is 4.37. The molecule has 0 radical (unpaired) electrons. The van der Waals surface area contributed by atoms with Crippen molar-refractivity contribution in [1.82, 2.24) is 10.3 Å². The van der Waals surface area contributed by atoms with Gasteiger partial charge in [-0.1, -0.05) is 6.42 Å². The first-order valence-corrected chi connectivity index (χ1v) is 11.0. The Morgan fingerprint density at radius 3 is 2.68 bits per heavy atom. The summed E-state index contributed by atoms with van der Waals surface area (Å²) in [4.78, 5) is 22.1. The summed E-state index contributed by atoms with van der Waals surface area (Å²) < 4.78 is 13.4. The van der Waals surface area contributed by atoms with E-state index < -0.39 is 0 Å². The average Bonchev–Trinajstić information content (AvgIpc) is 3.46. The van der Waals surface area contributed by atoms with Crippen LogP contribution in [0.3, 0.4) is 0 Å². The quantitative estimate of drug-likeness (QED) is 0.762. The number of nitrogens with one attached hydrogen (secondary N) is 1. The van der Waals surface area contributed by atoms with Gasteiger partial charge in [-0.3, -0.25) is 4.79 Å². The fraction of sp³-hybridized carbons (Fsp3) is 0.524. The molecule has 2 heterocycles. The number of carbonyl (C=O) groups is 1. The summed E-state index contributed by atoms with van der Waals surface area (Å²) in [6.07, 6.45) is 5.45. The molecular formula is C21H27FN4OS. The zero-order valence-electron chi connectivity index (χ0n) is 16.2. The van der Waals surface area contributed by atoms with E-state index in [0.29, 0.717) is 18.3 Å². The third kappa shape index (κ3) is 4.36. The highest BCUT2D eigenvalue weighted by atomic mass is 32.1. The molecule has 1 aliphatic carbocycles. The predicted molar refractivity (Wildman–Crippen MR) is 111 cm³/mol. The lowest BCUT2D eigenvalue weighted by Crippen LogP contribution is -2.48. The van der Waals surface area contributed by atoms with Crippen LogP contribution < -0.4 is 15.1 Å². The van der Waals surface area contributed by atoms with Gasteiger partial charge in [0.2, 0.25) is 5.91 Å². The van der Waals surface area contributed by atoms with Crippen LogP contribution in [0.2, 0.25) is 0 Å². The Hall–Kier alpha value is -1.99. The Balaban J connectivity index is 1.55. The van der Waals surface area contributed by atoms with Gasteiger partial charge in [-0.2, -0.15) is 0 Å². The number of aromatic nitrogens is 1. The van der Waals surface area contributed by atoms with Crippen LogP contribution in [-0.2, 0) is 11.3 Å². The highest BCUT2D eigenvalue weighted by molar-refractivity contribution is 7.13. The molecule has 28 heavy (non-hydrogen) atoms. The summed E-state index contributed by atoms with van der Waals surface area (Å²) in [7, 11) is 0. The second kappa shape index (κ2) is 8.57. The molecule has 1 atom stereocenters. The molecule has 1 N–H and O–H groups in total. The lowest BCUT2D eigenvalue weighted by atomic mass is 10.0. The van der Waals surface area contributed by atoms with E-state index in [1.807, 2.05) is 5.38 Å². The van der Waals surface area contributed by atoms with Crippen LogP contribution in [0.25, 0.3) is 0 Å². The van der Waals surface area contributed by atoms with Gasteiger partial charge in [0.25, 0.3) is 0 Å².